The van der Waals surface area contributed by atoms with E-state index in [1.165, 1.54) is 24.3 Å². The van der Waals surface area contributed by atoms with Gasteiger partial charge in [-0.15, -0.1) is 0 Å². The molecule has 21 heavy (non-hydrogen) atoms. The van der Waals surface area contributed by atoms with E-state index in [0.717, 1.165) is 10.0 Å². The largest absolute Gasteiger partial charge is 0.325 e. The van der Waals surface area contributed by atoms with Crippen LogP contribution in [-0.4, -0.2) is 12.5 Å². The summed E-state index contributed by atoms with van der Waals surface area (Å²) in [4.78, 5) is 11.8. The summed E-state index contributed by atoms with van der Waals surface area (Å²) in [5.41, 5.74) is 1.68. The van der Waals surface area contributed by atoms with E-state index in [2.05, 4.69) is 26.6 Å². The lowest BCUT2D eigenvalue weighted by Crippen LogP contribution is -2.30. The van der Waals surface area contributed by atoms with Gasteiger partial charge in [0.1, 0.15) is 5.82 Å². The minimum atomic E-state index is -0.325. The van der Waals surface area contributed by atoms with Crippen LogP contribution in [0.25, 0.3) is 0 Å². The number of halogens is 2. The maximum absolute atomic E-state index is 12.8. The lowest BCUT2D eigenvalue weighted by Gasteiger charge is -2.14. The Bertz CT molecular complexity index is 616. The summed E-state index contributed by atoms with van der Waals surface area (Å²) in [6.07, 6.45) is 0. The second kappa shape index (κ2) is 7.33. The molecule has 0 saturated heterocycles. The van der Waals surface area contributed by atoms with Crippen molar-refractivity contribution in [3.8, 4) is 0 Å². The van der Waals surface area contributed by atoms with Crippen molar-refractivity contribution in [1.82, 2.24) is 5.32 Å². The summed E-state index contributed by atoms with van der Waals surface area (Å²) in [5, 5.41) is 5.86. The fourth-order valence-corrected chi connectivity index (χ4v) is 2.29. The van der Waals surface area contributed by atoms with Gasteiger partial charge in [-0.3, -0.25) is 4.79 Å². The van der Waals surface area contributed by atoms with Crippen molar-refractivity contribution in [2.24, 2.45) is 0 Å². The third kappa shape index (κ3) is 4.95. The molecule has 0 aromatic heterocycles. The zero-order valence-electron chi connectivity index (χ0n) is 11.6. The second-order valence-electron chi connectivity index (χ2n) is 4.71. The molecule has 1 amide bonds. The van der Waals surface area contributed by atoms with Gasteiger partial charge in [-0.2, -0.15) is 0 Å². The molecule has 5 heteroatoms. The third-order valence-electron chi connectivity index (χ3n) is 3.05. The van der Waals surface area contributed by atoms with Gasteiger partial charge >= 0.3 is 0 Å². The smallest absolute Gasteiger partial charge is 0.238 e. The molecule has 0 fully saturated rings. The zero-order valence-corrected chi connectivity index (χ0v) is 13.2. The van der Waals surface area contributed by atoms with Gasteiger partial charge in [0.15, 0.2) is 0 Å². The van der Waals surface area contributed by atoms with Gasteiger partial charge in [0.25, 0.3) is 0 Å². The van der Waals surface area contributed by atoms with Gasteiger partial charge in [0.2, 0.25) is 5.91 Å². The van der Waals surface area contributed by atoms with E-state index in [1.54, 1.807) is 0 Å². The number of carbonyl (C=O) groups excluding carboxylic acids is 1. The molecule has 3 nitrogen and oxygen atoms in total. The third-order valence-corrected chi connectivity index (χ3v) is 3.54. The van der Waals surface area contributed by atoms with Crippen molar-refractivity contribution in [3.63, 3.8) is 0 Å². The summed E-state index contributed by atoms with van der Waals surface area (Å²) in [5.74, 6) is -0.488. The van der Waals surface area contributed by atoms with Crippen LogP contribution in [0.4, 0.5) is 10.1 Å². The van der Waals surface area contributed by atoms with Crippen molar-refractivity contribution >= 4 is 27.5 Å². The van der Waals surface area contributed by atoms with E-state index in [4.69, 9.17) is 0 Å². The molecule has 0 spiro atoms. The van der Waals surface area contributed by atoms with Crippen LogP contribution < -0.4 is 10.6 Å². The first-order chi connectivity index (χ1) is 10.0. The lowest BCUT2D eigenvalue weighted by molar-refractivity contribution is -0.115. The number of amides is 1. The summed E-state index contributed by atoms with van der Waals surface area (Å²) in [6, 6.07) is 13.7. The summed E-state index contributed by atoms with van der Waals surface area (Å²) >= 11 is 3.42. The molecule has 2 aromatic carbocycles. The minimum absolute atomic E-state index is 0.0569. The zero-order chi connectivity index (χ0) is 15.2. The molecule has 1 unspecified atom stereocenters. The summed E-state index contributed by atoms with van der Waals surface area (Å²) in [6.45, 7) is 2.18. The van der Waals surface area contributed by atoms with Crippen molar-refractivity contribution < 1.29 is 9.18 Å². The molecular formula is C16H16BrFN2O. The molecule has 0 bridgehead atoms. The molecule has 0 aliphatic carbocycles. The first-order valence-electron chi connectivity index (χ1n) is 6.59. The lowest BCUT2D eigenvalue weighted by atomic mass is 10.1. The quantitative estimate of drug-likeness (QED) is 0.859. The Balaban J connectivity index is 1.84. The number of hydrogen-bond donors (Lipinski definition) is 2. The van der Waals surface area contributed by atoms with E-state index in [1.807, 2.05) is 31.2 Å². The van der Waals surface area contributed by atoms with Gasteiger partial charge in [-0.25, -0.2) is 4.39 Å². The summed E-state index contributed by atoms with van der Waals surface area (Å²) in [7, 11) is 0. The molecule has 0 heterocycles. The molecule has 0 aliphatic rings. The van der Waals surface area contributed by atoms with Crippen molar-refractivity contribution in [2.45, 2.75) is 13.0 Å². The van der Waals surface area contributed by atoms with Gasteiger partial charge in [0, 0.05) is 16.2 Å². The molecular weight excluding hydrogens is 335 g/mol. The van der Waals surface area contributed by atoms with Crippen molar-refractivity contribution in [1.29, 1.82) is 0 Å². The number of rotatable bonds is 5. The maximum Gasteiger partial charge on any atom is 0.238 e. The van der Waals surface area contributed by atoms with Crippen LogP contribution in [0.5, 0.6) is 0 Å². The van der Waals surface area contributed by atoms with Gasteiger partial charge in [0.05, 0.1) is 6.54 Å². The van der Waals surface area contributed by atoms with Crippen LogP contribution in [0.3, 0.4) is 0 Å². The molecule has 110 valence electrons. The summed E-state index contributed by atoms with van der Waals surface area (Å²) < 4.78 is 13.8. The van der Waals surface area contributed by atoms with Crippen LogP contribution in [0, 0.1) is 5.82 Å². The Labute approximate surface area is 131 Å². The Morgan fingerprint density at radius 2 is 1.95 bits per heavy atom. The van der Waals surface area contributed by atoms with Gasteiger partial charge < -0.3 is 10.6 Å². The number of carbonyl (C=O) groups is 1. The molecule has 1 atom stereocenters. The first kappa shape index (κ1) is 15.7. The van der Waals surface area contributed by atoms with Crippen molar-refractivity contribution in [2.75, 3.05) is 11.9 Å². The normalized spacial score (nSPS) is 12.0. The molecule has 0 aliphatic heterocycles. The highest BCUT2D eigenvalue weighted by Gasteiger charge is 2.08. The highest BCUT2D eigenvalue weighted by atomic mass is 79.9. The molecule has 2 N–H and O–H groups in total. The van der Waals surface area contributed by atoms with Crippen LogP contribution in [0.1, 0.15) is 18.5 Å². The van der Waals surface area contributed by atoms with Crippen LogP contribution in [0.15, 0.2) is 53.0 Å². The van der Waals surface area contributed by atoms with E-state index in [-0.39, 0.29) is 24.3 Å². The predicted octanol–water partition coefficient (Wildman–Crippen LogP) is 3.88. The molecule has 0 saturated carbocycles. The average molecular weight is 351 g/mol. The van der Waals surface area contributed by atoms with Crippen molar-refractivity contribution in [3.05, 3.63) is 64.4 Å². The van der Waals surface area contributed by atoms with Crippen LogP contribution >= 0.6 is 15.9 Å². The Morgan fingerprint density at radius 1 is 1.24 bits per heavy atom. The Morgan fingerprint density at radius 3 is 2.62 bits per heavy atom. The SMILES string of the molecule is CC(NCC(=O)Nc1ccc(F)cc1)c1cccc(Br)c1. The Kier molecular flexibility index (Phi) is 5.47. The van der Waals surface area contributed by atoms with E-state index in [0.29, 0.717) is 5.69 Å². The van der Waals surface area contributed by atoms with Crippen LogP contribution in [0.2, 0.25) is 0 Å². The topological polar surface area (TPSA) is 41.1 Å². The highest BCUT2D eigenvalue weighted by molar-refractivity contribution is 9.10. The van der Waals surface area contributed by atoms with E-state index >= 15 is 0 Å². The number of benzene rings is 2. The number of anilines is 1. The fraction of sp³-hybridized carbons (Fsp3) is 0.188. The van der Waals surface area contributed by atoms with Gasteiger partial charge in [-0.05, 0) is 48.9 Å². The number of hydrogen-bond acceptors (Lipinski definition) is 2. The standard InChI is InChI=1S/C16H16BrFN2O/c1-11(12-3-2-4-13(17)9-12)19-10-16(21)20-15-7-5-14(18)6-8-15/h2-9,11,19H,10H2,1H3,(H,20,21). The van der Waals surface area contributed by atoms with Gasteiger partial charge in [-0.1, -0.05) is 28.1 Å². The monoisotopic (exact) mass is 350 g/mol. The molecule has 2 rings (SSSR count). The number of nitrogens with one attached hydrogen (secondary N) is 2. The Hall–Kier alpha value is -1.72. The second-order valence-corrected chi connectivity index (χ2v) is 5.63. The van der Waals surface area contributed by atoms with E-state index in [9.17, 15) is 9.18 Å². The predicted molar refractivity (Wildman–Crippen MR) is 85.6 cm³/mol. The minimum Gasteiger partial charge on any atom is -0.325 e. The van der Waals surface area contributed by atoms with Crippen LogP contribution in [-0.2, 0) is 4.79 Å². The molecule has 0 radical (unpaired) electrons. The average Bonchev–Trinajstić information content (AvgIpc) is 2.47. The molecule has 2 aromatic rings. The first-order valence-corrected chi connectivity index (χ1v) is 7.38. The van der Waals surface area contributed by atoms with E-state index < -0.39 is 0 Å². The highest BCUT2D eigenvalue weighted by Crippen LogP contribution is 2.17. The fourth-order valence-electron chi connectivity index (χ4n) is 1.88. The maximum atomic E-state index is 12.8.